The van der Waals surface area contributed by atoms with Crippen molar-refractivity contribution in [2.24, 2.45) is 5.92 Å². The Labute approximate surface area is 206 Å². The summed E-state index contributed by atoms with van der Waals surface area (Å²) in [5, 5.41) is 9.79. The maximum absolute atomic E-state index is 13.5. The monoisotopic (exact) mass is 479 g/mol. The maximum Gasteiger partial charge on any atom is 0.259 e. The molecule has 0 aliphatic carbocycles. The van der Waals surface area contributed by atoms with Crippen LogP contribution in [0.1, 0.15) is 48.7 Å². The van der Waals surface area contributed by atoms with Crippen LogP contribution in [0.2, 0.25) is 0 Å². The predicted octanol–water partition coefficient (Wildman–Crippen LogP) is 2.58. The first-order valence-electron chi connectivity index (χ1n) is 11.8. The lowest BCUT2D eigenvalue weighted by atomic mass is 9.99. The van der Waals surface area contributed by atoms with Crippen LogP contribution in [0.15, 0.2) is 36.5 Å². The van der Waals surface area contributed by atoms with Crippen molar-refractivity contribution >= 4 is 11.8 Å². The van der Waals surface area contributed by atoms with Crippen LogP contribution >= 0.6 is 0 Å². The Morgan fingerprint density at radius 3 is 2.63 bits per heavy atom. The summed E-state index contributed by atoms with van der Waals surface area (Å²) in [4.78, 5) is 33.4. The second kappa shape index (κ2) is 11.7. The number of fused-ring (bicyclic) bond motifs is 1. The van der Waals surface area contributed by atoms with Gasteiger partial charge in [-0.25, -0.2) is 4.98 Å². The lowest BCUT2D eigenvalue weighted by Gasteiger charge is -2.37. The van der Waals surface area contributed by atoms with E-state index in [0.717, 1.165) is 11.3 Å². The standard InChI is InChI=1S/C27H33N3O5/c1-6-25(32)29(4)16-24-18(2)15-30(19(3)17-31)27(33)23-13-21(14-28-26(23)35-24)8-7-20-9-11-22(34-5)12-10-20/h9-14,18-19,24,31H,6,15-17H2,1-5H3/t18-,19+,24-/m1/s1. The summed E-state index contributed by atoms with van der Waals surface area (Å²) >= 11 is 0. The fourth-order valence-corrected chi connectivity index (χ4v) is 3.85. The summed E-state index contributed by atoms with van der Waals surface area (Å²) in [5.74, 6) is 6.72. The van der Waals surface area contributed by atoms with Crippen molar-refractivity contribution in [3.8, 4) is 23.5 Å². The zero-order valence-electron chi connectivity index (χ0n) is 20.9. The Morgan fingerprint density at radius 1 is 1.31 bits per heavy atom. The highest BCUT2D eigenvalue weighted by atomic mass is 16.5. The van der Waals surface area contributed by atoms with Gasteiger partial charge < -0.3 is 24.4 Å². The number of carbonyl (C=O) groups excluding carboxylic acids is 2. The zero-order valence-corrected chi connectivity index (χ0v) is 20.9. The molecule has 2 heterocycles. The molecule has 8 nitrogen and oxygen atoms in total. The molecule has 0 saturated heterocycles. The van der Waals surface area contributed by atoms with Crippen LogP contribution < -0.4 is 9.47 Å². The van der Waals surface area contributed by atoms with Crippen molar-refractivity contribution in [2.75, 3.05) is 33.9 Å². The number of hydrogen-bond donors (Lipinski definition) is 1. The number of hydrogen-bond acceptors (Lipinski definition) is 6. The van der Waals surface area contributed by atoms with Crippen molar-refractivity contribution in [3.63, 3.8) is 0 Å². The molecule has 0 fully saturated rings. The van der Waals surface area contributed by atoms with Crippen molar-refractivity contribution in [1.29, 1.82) is 0 Å². The molecular formula is C27H33N3O5. The number of ether oxygens (including phenoxy) is 2. The first-order chi connectivity index (χ1) is 16.8. The van der Waals surface area contributed by atoms with E-state index in [-0.39, 0.29) is 47.9 Å². The third-order valence-corrected chi connectivity index (χ3v) is 6.14. The number of methoxy groups -OCH3 is 1. The molecule has 3 atom stereocenters. The van der Waals surface area contributed by atoms with E-state index in [0.29, 0.717) is 25.1 Å². The second-order valence-corrected chi connectivity index (χ2v) is 8.81. The van der Waals surface area contributed by atoms with Gasteiger partial charge in [0.15, 0.2) is 0 Å². The molecule has 0 radical (unpaired) electrons. The molecule has 1 N–H and O–H groups in total. The van der Waals surface area contributed by atoms with Gasteiger partial charge in [0.2, 0.25) is 11.8 Å². The van der Waals surface area contributed by atoms with E-state index in [1.54, 1.807) is 43.1 Å². The topological polar surface area (TPSA) is 92.2 Å². The van der Waals surface area contributed by atoms with Crippen LogP contribution in [0, 0.1) is 17.8 Å². The van der Waals surface area contributed by atoms with Gasteiger partial charge in [-0.05, 0) is 37.3 Å². The first kappa shape index (κ1) is 26.0. The summed E-state index contributed by atoms with van der Waals surface area (Å²) in [6.45, 7) is 6.16. The van der Waals surface area contributed by atoms with Gasteiger partial charge in [-0.1, -0.05) is 25.7 Å². The molecule has 35 heavy (non-hydrogen) atoms. The molecule has 1 aromatic carbocycles. The van der Waals surface area contributed by atoms with E-state index in [2.05, 4.69) is 16.8 Å². The molecular weight excluding hydrogens is 446 g/mol. The molecule has 0 unspecified atom stereocenters. The summed E-state index contributed by atoms with van der Waals surface area (Å²) in [6.07, 6.45) is 1.60. The fourth-order valence-electron chi connectivity index (χ4n) is 3.85. The predicted molar refractivity (Wildman–Crippen MR) is 132 cm³/mol. The molecule has 0 bridgehead atoms. The van der Waals surface area contributed by atoms with Crippen LogP contribution in [0.5, 0.6) is 11.6 Å². The Balaban J connectivity index is 1.97. The molecule has 1 aromatic heterocycles. The van der Waals surface area contributed by atoms with Crippen molar-refractivity contribution in [3.05, 3.63) is 53.2 Å². The number of aromatic nitrogens is 1. The minimum absolute atomic E-state index is 0.0110. The van der Waals surface area contributed by atoms with Gasteiger partial charge >= 0.3 is 0 Å². The van der Waals surface area contributed by atoms with Gasteiger partial charge in [0.25, 0.3) is 5.91 Å². The Kier molecular flexibility index (Phi) is 8.72. The molecule has 0 saturated carbocycles. The smallest absolute Gasteiger partial charge is 0.259 e. The molecule has 2 amide bonds. The van der Waals surface area contributed by atoms with Crippen molar-refractivity contribution < 1.29 is 24.2 Å². The third-order valence-electron chi connectivity index (χ3n) is 6.14. The van der Waals surface area contributed by atoms with E-state index in [4.69, 9.17) is 9.47 Å². The molecule has 8 heteroatoms. The normalized spacial score (nSPS) is 18.2. The molecule has 1 aliphatic heterocycles. The van der Waals surface area contributed by atoms with Gasteiger partial charge in [-0.3, -0.25) is 9.59 Å². The number of likely N-dealkylation sites (N-methyl/N-ethyl adjacent to an activating group) is 1. The largest absolute Gasteiger partial charge is 0.497 e. The van der Waals surface area contributed by atoms with E-state index in [1.807, 2.05) is 38.1 Å². The van der Waals surface area contributed by atoms with Gasteiger partial charge in [0.05, 0.1) is 26.3 Å². The lowest BCUT2D eigenvalue weighted by molar-refractivity contribution is -0.131. The minimum Gasteiger partial charge on any atom is -0.497 e. The van der Waals surface area contributed by atoms with E-state index in [1.165, 1.54) is 0 Å². The van der Waals surface area contributed by atoms with Crippen LogP contribution in [0.4, 0.5) is 0 Å². The van der Waals surface area contributed by atoms with Gasteiger partial charge in [0.1, 0.15) is 17.4 Å². The molecule has 0 spiro atoms. The van der Waals surface area contributed by atoms with E-state index in [9.17, 15) is 14.7 Å². The highest BCUT2D eigenvalue weighted by Crippen LogP contribution is 2.27. The molecule has 1 aliphatic rings. The van der Waals surface area contributed by atoms with Gasteiger partial charge in [-0.2, -0.15) is 0 Å². The molecule has 3 rings (SSSR count). The third kappa shape index (κ3) is 6.31. The van der Waals surface area contributed by atoms with E-state index < -0.39 is 0 Å². The summed E-state index contributed by atoms with van der Waals surface area (Å²) < 4.78 is 11.4. The summed E-state index contributed by atoms with van der Waals surface area (Å²) in [7, 11) is 3.35. The average Bonchev–Trinajstić information content (AvgIpc) is 2.88. The van der Waals surface area contributed by atoms with Crippen molar-refractivity contribution in [2.45, 2.75) is 39.3 Å². The van der Waals surface area contributed by atoms with Crippen LogP contribution in [0.25, 0.3) is 0 Å². The van der Waals surface area contributed by atoms with Crippen LogP contribution in [-0.2, 0) is 4.79 Å². The van der Waals surface area contributed by atoms with Crippen molar-refractivity contribution in [1.82, 2.24) is 14.8 Å². The number of aliphatic hydroxyl groups is 1. The highest BCUT2D eigenvalue weighted by molar-refractivity contribution is 5.97. The Bertz CT molecular complexity index is 1110. The lowest BCUT2D eigenvalue weighted by Crippen LogP contribution is -2.50. The Morgan fingerprint density at radius 2 is 2.00 bits per heavy atom. The molecule has 186 valence electrons. The number of nitrogens with zero attached hydrogens (tertiary/aromatic N) is 3. The summed E-state index contributed by atoms with van der Waals surface area (Å²) in [5.41, 5.74) is 1.65. The average molecular weight is 480 g/mol. The zero-order chi connectivity index (χ0) is 25.5. The Hall–Kier alpha value is -3.57. The van der Waals surface area contributed by atoms with Crippen LogP contribution in [0.3, 0.4) is 0 Å². The number of pyridine rings is 1. The van der Waals surface area contributed by atoms with Gasteiger partial charge in [0, 0.05) is 43.3 Å². The first-order valence-corrected chi connectivity index (χ1v) is 11.8. The second-order valence-electron chi connectivity index (χ2n) is 8.81. The highest BCUT2D eigenvalue weighted by Gasteiger charge is 2.34. The number of carbonyl (C=O) groups is 2. The number of benzene rings is 1. The minimum atomic E-state index is -0.388. The number of aliphatic hydroxyl groups excluding tert-OH is 1. The van der Waals surface area contributed by atoms with Crippen LogP contribution in [-0.4, -0.2) is 77.7 Å². The maximum atomic E-state index is 13.5. The SMILES string of the molecule is CCC(=O)N(C)C[C@H]1Oc2ncc(C#Cc3ccc(OC)cc3)cc2C(=O)N([C@@H](C)CO)C[C@H]1C. The number of amides is 2. The summed E-state index contributed by atoms with van der Waals surface area (Å²) in [6, 6.07) is 8.65. The molecule has 2 aromatic rings. The fraction of sp³-hybridized carbons (Fsp3) is 0.444. The van der Waals surface area contributed by atoms with E-state index >= 15 is 0 Å². The quantitative estimate of drug-likeness (QED) is 0.641. The number of rotatable bonds is 6. The van der Waals surface area contributed by atoms with Gasteiger partial charge in [-0.15, -0.1) is 0 Å².